The molecule has 1 aliphatic heterocycles. The van der Waals surface area contributed by atoms with Crippen LogP contribution in [0.15, 0.2) is 6.20 Å². The number of hydrogen-bond donors (Lipinski definition) is 1. The molecule has 1 aromatic heterocycles. The molecule has 6 heteroatoms. The van der Waals surface area contributed by atoms with Gasteiger partial charge >= 0.3 is 0 Å². The van der Waals surface area contributed by atoms with Gasteiger partial charge in [-0.25, -0.2) is 0 Å². The van der Waals surface area contributed by atoms with Crippen molar-refractivity contribution in [3.05, 3.63) is 11.9 Å². The Kier molecular flexibility index (Phi) is 2.67. The minimum atomic E-state index is -0.308. The number of amides is 1. The Labute approximate surface area is 94.0 Å². The molecule has 1 unspecified atom stereocenters. The lowest BCUT2D eigenvalue weighted by Gasteiger charge is -2.41. The Balaban J connectivity index is 2.12. The monoisotopic (exact) mass is 224 g/mol. The van der Waals surface area contributed by atoms with Crippen LogP contribution in [0.5, 0.6) is 0 Å². The molecule has 0 spiro atoms. The lowest BCUT2D eigenvalue weighted by molar-refractivity contribution is -0.118. The van der Waals surface area contributed by atoms with Crippen LogP contribution in [-0.4, -0.2) is 51.0 Å². The van der Waals surface area contributed by atoms with Crippen LogP contribution in [0.3, 0.4) is 0 Å². The molecule has 2 heterocycles. The number of carbonyl (C=O) groups is 1. The zero-order valence-corrected chi connectivity index (χ0v) is 9.73. The summed E-state index contributed by atoms with van der Waals surface area (Å²) in [6.07, 6.45) is 1.48. The van der Waals surface area contributed by atoms with E-state index in [2.05, 4.69) is 15.4 Å². The minimum Gasteiger partial charge on any atom is -0.369 e. The topological polar surface area (TPSA) is 71.1 Å². The number of H-pyrrole nitrogens is 1. The van der Waals surface area contributed by atoms with Crippen molar-refractivity contribution in [3.8, 4) is 0 Å². The highest BCUT2D eigenvalue weighted by Gasteiger charge is 2.34. The zero-order valence-electron chi connectivity index (χ0n) is 9.73. The van der Waals surface area contributed by atoms with Crippen molar-refractivity contribution in [1.82, 2.24) is 20.3 Å². The van der Waals surface area contributed by atoms with E-state index in [-0.39, 0.29) is 17.6 Å². The fraction of sp³-hybridized carbons (Fsp3) is 0.700. The normalized spacial score (nSPS) is 24.4. The minimum absolute atomic E-state index is 0.0413. The smallest absolute Gasteiger partial charge is 0.276 e. The van der Waals surface area contributed by atoms with E-state index < -0.39 is 0 Å². The summed E-state index contributed by atoms with van der Waals surface area (Å²) >= 11 is 0. The van der Waals surface area contributed by atoms with Crippen LogP contribution < -0.4 is 0 Å². The SMILES string of the molecule is CC1CN(C(=O)c2cn[nH]n2)CC(C)(C)O1. The molecule has 1 amide bonds. The summed E-state index contributed by atoms with van der Waals surface area (Å²) in [5, 5.41) is 9.88. The molecule has 0 saturated carbocycles. The third kappa shape index (κ3) is 2.21. The molecule has 88 valence electrons. The summed E-state index contributed by atoms with van der Waals surface area (Å²) in [6.45, 7) is 7.08. The molecule has 1 saturated heterocycles. The molecular formula is C10H16N4O2. The van der Waals surface area contributed by atoms with Gasteiger partial charge in [0.2, 0.25) is 0 Å². The van der Waals surface area contributed by atoms with Crippen LogP contribution in [0, 0.1) is 0 Å². The maximum absolute atomic E-state index is 12.0. The van der Waals surface area contributed by atoms with E-state index in [1.807, 2.05) is 20.8 Å². The van der Waals surface area contributed by atoms with Crippen molar-refractivity contribution in [2.75, 3.05) is 13.1 Å². The number of carbonyl (C=O) groups excluding carboxylic acids is 1. The number of ether oxygens (including phenoxy) is 1. The number of aromatic nitrogens is 3. The van der Waals surface area contributed by atoms with Crippen molar-refractivity contribution < 1.29 is 9.53 Å². The third-order valence-electron chi connectivity index (χ3n) is 2.49. The van der Waals surface area contributed by atoms with Crippen molar-refractivity contribution in [2.45, 2.75) is 32.5 Å². The lowest BCUT2D eigenvalue weighted by Crippen LogP contribution is -2.53. The predicted octanol–water partition coefficient (Wildman–Crippen LogP) is 0.444. The molecule has 0 bridgehead atoms. The van der Waals surface area contributed by atoms with Crippen LogP contribution in [0.1, 0.15) is 31.3 Å². The fourth-order valence-electron chi connectivity index (χ4n) is 2.08. The Morgan fingerprint density at radius 2 is 2.44 bits per heavy atom. The summed E-state index contributed by atoms with van der Waals surface area (Å²) < 4.78 is 5.73. The molecule has 0 aromatic carbocycles. The van der Waals surface area contributed by atoms with E-state index in [0.717, 1.165) is 0 Å². The highest BCUT2D eigenvalue weighted by atomic mass is 16.5. The maximum Gasteiger partial charge on any atom is 0.276 e. The second-order valence-electron chi connectivity index (χ2n) is 4.73. The molecule has 1 N–H and O–H groups in total. The van der Waals surface area contributed by atoms with Gasteiger partial charge in [-0.15, -0.1) is 0 Å². The standard InChI is InChI=1S/C10H16N4O2/c1-7-5-14(6-10(2,3)16-7)9(15)8-4-11-13-12-8/h4,7H,5-6H2,1-3H3,(H,11,12,13). The van der Waals surface area contributed by atoms with Crippen LogP contribution >= 0.6 is 0 Å². The molecule has 0 radical (unpaired) electrons. The number of aromatic amines is 1. The van der Waals surface area contributed by atoms with Gasteiger partial charge in [0, 0.05) is 13.1 Å². The average molecular weight is 224 g/mol. The van der Waals surface area contributed by atoms with Crippen LogP contribution in [-0.2, 0) is 4.74 Å². The Morgan fingerprint density at radius 3 is 3.00 bits per heavy atom. The van der Waals surface area contributed by atoms with Crippen LogP contribution in [0.25, 0.3) is 0 Å². The first kappa shape index (κ1) is 11.1. The Bertz CT molecular complexity index is 374. The van der Waals surface area contributed by atoms with Gasteiger partial charge < -0.3 is 9.64 Å². The number of morpholine rings is 1. The summed E-state index contributed by atoms with van der Waals surface area (Å²) in [7, 11) is 0. The molecule has 1 fully saturated rings. The molecule has 2 rings (SSSR count). The van der Waals surface area contributed by atoms with Crippen LogP contribution in [0.4, 0.5) is 0 Å². The molecule has 1 atom stereocenters. The second kappa shape index (κ2) is 3.86. The van der Waals surface area contributed by atoms with E-state index >= 15 is 0 Å². The van der Waals surface area contributed by atoms with Gasteiger partial charge in [-0.1, -0.05) is 0 Å². The molecule has 0 aliphatic carbocycles. The second-order valence-corrected chi connectivity index (χ2v) is 4.73. The Hall–Kier alpha value is -1.43. The summed E-state index contributed by atoms with van der Waals surface area (Å²) in [6, 6.07) is 0. The van der Waals surface area contributed by atoms with E-state index in [4.69, 9.17) is 4.74 Å². The lowest BCUT2D eigenvalue weighted by atomic mass is 10.1. The predicted molar refractivity (Wildman–Crippen MR) is 56.9 cm³/mol. The Morgan fingerprint density at radius 1 is 1.69 bits per heavy atom. The van der Waals surface area contributed by atoms with Crippen molar-refractivity contribution >= 4 is 5.91 Å². The molecule has 16 heavy (non-hydrogen) atoms. The number of rotatable bonds is 1. The van der Waals surface area contributed by atoms with Crippen molar-refractivity contribution in [2.24, 2.45) is 0 Å². The number of nitrogens with one attached hydrogen (secondary N) is 1. The average Bonchev–Trinajstić information content (AvgIpc) is 2.65. The number of hydrogen-bond acceptors (Lipinski definition) is 4. The molecule has 1 aliphatic rings. The van der Waals surface area contributed by atoms with Gasteiger partial charge in [-0.2, -0.15) is 15.4 Å². The van der Waals surface area contributed by atoms with Gasteiger partial charge in [0.05, 0.1) is 17.9 Å². The summed E-state index contributed by atoms with van der Waals surface area (Å²) in [4.78, 5) is 13.8. The van der Waals surface area contributed by atoms with E-state index in [9.17, 15) is 4.79 Å². The van der Waals surface area contributed by atoms with Gasteiger partial charge in [-0.3, -0.25) is 4.79 Å². The fourth-order valence-corrected chi connectivity index (χ4v) is 2.08. The largest absolute Gasteiger partial charge is 0.369 e. The molecule has 6 nitrogen and oxygen atoms in total. The first-order valence-electron chi connectivity index (χ1n) is 5.31. The van der Waals surface area contributed by atoms with Gasteiger partial charge in [0.25, 0.3) is 5.91 Å². The maximum atomic E-state index is 12.0. The number of nitrogens with zero attached hydrogens (tertiary/aromatic N) is 3. The highest BCUT2D eigenvalue weighted by molar-refractivity contribution is 5.92. The molecule has 1 aromatic rings. The zero-order chi connectivity index (χ0) is 11.8. The van der Waals surface area contributed by atoms with Crippen molar-refractivity contribution in [1.29, 1.82) is 0 Å². The van der Waals surface area contributed by atoms with Gasteiger partial charge in [0.15, 0.2) is 5.69 Å². The quantitative estimate of drug-likeness (QED) is 0.751. The third-order valence-corrected chi connectivity index (χ3v) is 2.49. The van der Waals surface area contributed by atoms with Crippen LogP contribution in [0.2, 0.25) is 0 Å². The molecular weight excluding hydrogens is 208 g/mol. The summed E-state index contributed by atoms with van der Waals surface area (Å²) in [5.41, 5.74) is 0.0433. The van der Waals surface area contributed by atoms with E-state index in [1.54, 1.807) is 4.90 Å². The first-order chi connectivity index (χ1) is 7.48. The van der Waals surface area contributed by atoms with Crippen molar-refractivity contribution in [3.63, 3.8) is 0 Å². The van der Waals surface area contributed by atoms with E-state index in [1.165, 1.54) is 6.20 Å². The summed E-state index contributed by atoms with van der Waals surface area (Å²) in [5.74, 6) is -0.100. The first-order valence-corrected chi connectivity index (χ1v) is 5.31. The van der Waals surface area contributed by atoms with E-state index in [0.29, 0.717) is 18.8 Å². The van der Waals surface area contributed by atoms with Gasteiger partial charge in [-0.05, 0) is 20.8 Å². The highest BCUT2D eigenvalue weighted by Crippen LogP contribution is 2.21. The van der Waals surface area contributed by atoms with Gasteiger partial charge in [0.1, 0.15) is 0 Å².